The number of hydrogen-bond acceptors (Lipinski definition) is 3. The molecule has 2 heterocycles. The molecule has 0 radical (unpaired) electrons. The van der Waals surface area contributed by atoms with Gasteiger partial charge in [0.15, 0.2) is 0 Å². The fourth-order valence-corrected chi connectivity index (χ4v) is 4.08. The summed E-state index contributed by atoms with van der Waals surface area (Å²) in [7, 11) is 0. The van der Waals surface area contributed by atoms with Gasteiger partial charge in [0.1, 0.15) is 0 Å². The highest BCUT2D eigenvalue weighted by molar-refractivity contribution is 5.83. The van der Waals surface area contributed by atoms with Crippen molar-refractivity contribution in [2.75, 3.05) is 32.7 Å². The van der Waals surface area contributed by atoms with E-state index < -0.39 is 0 Å². The molecule has 0 aromatic heterocycles. The predicted octanol–water partition coefficient (Wildman–Crippen LogP) is 1.24. The Labute approximate surface area is 138 Å². The lowest BCUT2D eigenvalue weighted by molar-refractivity contribution is -0.137. The molecule has 1 N–H and O–H groups in total. The van der Waals surface area contributed by atoms with Gasteiger partial charge in [-0.05, 0) is 50.9 Å². The van der Waals surface area contributed by atoms with Gasteiger partial charge in [0.2, 0.25) is 11.8 Å². The Morgan fingerprint density at radius 1 is 0.913 bits per heavy atom. The first kappa shape index (κ1) is 15.4. The van der Waals surface area contributed by atoms with E-state index in [1.54, 1.807) is 0 Å². The zero-order chi connectivity index (χ0) is 15.8. The Balaban J connectivity index is 1.24. The summed E-state index contributed by atoms with van der Waals surface area (Å²) in [6, 6.07) is 0.316. The average molecular weight is 319 g/mol. The van der Waals surface area contributed by atoms with E-state index in [2.05, 4.69) is 10.2 Å². The van der Waals surface area contributed by atoms with E-state index in [4.69, 9.17) is 0 Å². The van der Waals surface area contributed by atoms with Crippen LogP contribution in [0.4, 0.5) is 0 Å². The predicted molar refractivity (Wildman–Crippen MR) is 87.7 cm³/mol. The number of hydrogen-bond donors (Lipinski definition) is 1. The molecule has 2 saturated carbocycles. The Kier molecular flexibility index (Phi) is 4.31. The highest BCUT2D eigenvalue weighted by Crippen LogP contribution is 2.33. The van der Waals surface area contributed by atoms with Crippen molar-refractivity contribution < 1.29 is 9.59 Å². The molecule has 0 aromatic rings. The maximum atomic E-state index is 12.6. The SMILES string of the molecule is O=C(N[C@H]1CCN(CC2CC2)C1)[C@@H]1CCCN(C(=O)C2CC2)C1. The van der Waals surface area contributed by atoms with Crippen LogP contribution in [-0.2, 0) is 9.59 Å². The van der Waals surface area contributed by atoms with Crippen molar-refractivity contribution in [3.8, 4) is 0 Å². The molecule has 2 aliphatic heterocycles. The number of carbonyl (C=O) groups excluding carboxylic acids is 2. The molecule has 5 heteroatoms. The Morgan fingerprint density at radius 2 is 1.74 bits per heavy atom. The number of rotatable bonds is 5. The molecule has 4 aliphatic rings. The summed E-state index contributed by atoms with van der Waals surface area (Å²) < 4.78 is 0. The van der Waals surface area contributed by atoms with Gasteiger partial charge in [0, 0.05) is 44.7 Å². The van der Waals surface area contributed by atoms with Gasteiger partial charge in [-0.15, -0.1) is 0 Å². The zero-order valence-electron chi connectivity index (χ0n) is 14.0. The average Bonchev–Trinajstić information content (AvgIpc) is 3.47. The second-order valence-electron chi connectivity index (χ2n) is 8.09. The van der Waals surface area contributed by atoms with E-state index >= 15 is 0 Å². The van der Waals surface area contributed by atoms with Crippen LogP contribution in [0.3, 0.4) is 0 Å². The minimum Gasteiger partial charge on any atom is -0.352 e. The summed E-state index contributed by atoms with van der Waals surface area (Å²) in [6.45, 7) is 4.84. The largest absolute Gasteiger partial charge is 0.352 e. The Morgan fingerprint density at radius 3 is 2.48 bits per heavy atom. The summed E-state index contributed by atoms with van der Waals surface area (Å²) in [4.78, 5) is 29.2. The van der Waals surface area contributed by atoms with Crippen molar-refractivity contribution in [2.45, 2.75) is 51.0 Å². The van der Waals surface area contributed by atoms with E-state index in [1.165, 1.54) is 19.4 Å². The molecule has 0 spiro atoms. The first-order chi connectivity index (χ1) is 11.2. The van der Waals surface area contributed by atoms with Crippen LogP contribution in [0, 0.1) is 17.8 Å². The van der Waals surface area contributed by atoms with Gasteiger partial charge < -0.3 is 15.1 Å². The van der Waals surface area contributed by atoms with E-state index in [9.17, 15) is 9.59 Å². The van der Waals surface area contributed by atoms with Crippen LogP contribution < -0.4 is 5.32 Å². The number of nitrogens with zero attached hydrogens (tertiary/aromatic N) is 2. The molecule has 128 valence electrons. The highest BCUT2D eigenvalue weighted by atomic mass is 16.2. The minimum atomic E-state index is 0.00364. The van der Waals surface area contributed by atoms with Crippen LogP contribution in [0.25, 0.3) is 0 Å². The molecule has 0 unspecified atom stereocenters. The number of piperidine rings is 1. The summed E-state index contributed by atoms with van der Waals surface area (Å²) >= 11 is 0. The standard InChI is InChI=1S/C18H29N3O2/c22-17(19-16-7-9-20(12-16)10-13-3-4-13)15-2-1-8-21(11-15)18(23)14-5-6-14/h13-16H,1-12H2,(H,19,22)/t15-,16+/m1/s1. The molecule has 2 saturated heterocycles. The smallest absolute Gasteiger partial charge is 0.225 e. The third kappa shape index (κ3) is 3.87. The van der Waals surface area contributed by atoms with E-state index in [0.717, 1.165) is 57.7 Å². The monoisotopic (exact) mass is 319 g/mol. The van der Waals surface area contributed by atoms with Crippen LogP contribution in [0.5, 0.6) is 0 Å². The Bertz CT molecular complexity index is 473. The third-order valence-corrected chi connectivity index (χ3v) is 5.86. The topological polar surface area (TPSA) is 52.7 Å². The number of likely N-dealkylation sites (tertiary alicyclic amines) is 2. The lowest BCUT2D eigenvalue weighted by Gasteiger charge is -2.32. The van der Waals surface area contributed by atoms with E-state index in [-0.39, 0.29) is 17.7 Å². The number of amides is 2. The van der Waals surface area contributed by atoms with Crippen LogP contribution in [0.15, 0.2) is 0 Å². The van der Waals surface area contributed by atoms with E-state index in [1.807, 2.05) is 4.90 Å². The highest BCUT2D eigenvalue weighted by Gasteiger charge is 2.37. The molecule has 0 bridgehead atoms. The zero-order valence-corrected chi connectivity index (χ0v) is 14.0. The summed E-state index contributed by atoms with van der Waals surface area (Å²) in [5, 5.41) is 3.26. The molecule has 2 atom stereocenters. The van der Waals surface area contributed by atoms with Gasteiger partial charge in [-0.3, -0.25) is 9.59 Å². The fraction of sp³-hybridized carbons (Fsp3) is 0.889. The molecule has 5 nitrogen and oxygen atoms in total. The quantitative estimate of drug-likeness (QED) is 0.829. The van der Waals surface area contributed by atoms with Gasteiger partial charge >= 0.3 is 0 Å². The van der Waals surface area contributed by atoms with Crippen LogP contribution in [-0.4, -0.2) is 60.4 Å². The molecule has 2 amide bonds. The molecule has 2 aliphatic carbocycles. The molecule has 0 aromatic carbocycles. The maximum Gasteiger partial charge on any atom is 0.225 e. The van der Waals surface area contributed by atoms with E-state index in [0.29, 0.717) is 18.5 Å². The van der Waals surface area contributed by atoms with Gasteiger partial charge in [-0.25, -0.2) is 0 Å². The first-order valence-electron chi connectivity index (χ1n) is 9.50. The van der Waals surface area contributed by atoms with Gasteiger partial charge in [0.05, 0.1) is 5.92 Å². The molecular weight excluding hydrogens is 290 g/mol. The second kappa shape index (κ2) is 6.42. The van der Waals surface area contributed by atoms with Crippen molar-refractivity contribution in [1.82, 2.24) is 15.1 Å². The molecule has 23 heavy (non-hydrogen) atoms. The van der Waals surface area contributed by atoms with Gasteiger partial charge in [0.25, 0.3) is 0 Å². The lowest BCUT2D eigenvalue weighted by Crippen LogP contribution is -2.48. The second-order valence-corrected chi connectivity index (χ2v) is 8.09. The third-order valence-electron chi connectivity index (χ3n) is 5.86. The molecule has 4 fully saturated rings. The Hall–Kier alpha value is -1.10. The number of carbonyl (C=O) groups is 2. The normalized spacial score (nSPS) is 32.1. The van der Waals surface area contributed by atoms with Crippen LogP contribution >= 0.6 is 0 Å². The van der Waals surface area contributed by atoms with Crippen molar-refractivity contribution in [3.05, 3.63) is 0 Å². The summed E-state index contributed by atoms with van der Waals surface area (Å²) in [5.74, 6) is 1.66. The first-order valence-corrected chi connectivity index (χ1v) is 9.50. The summed E-state index contributed by atoms with van der Waals surface area (Å²) in [5.41, 5.74) is 0. The summed E-state index contributed by atoms with van der Waals surface area (Å²) in [6.07, 6.45) is 7.85. The molecular formula is C18H29N3O2. The minimum absolute atomic E-state index is 0.00364. The fourth-order valence-electron chi connectivity index (χ4n) is 4.08. The molecule has 4 rings (SSSR count). The van der Waals surface area contributed by atoms with Crippen molar-refractivity contribution in [2.24, 2.45) is 17.8 Å². The maximum absolute atomic E-state index is 12.6. The van der Waals surface area contributed by atoms with Gasteiger partial charge in [-0.1, -0.05) is 0 Å². The van der Waals surface area contributed by atoms with Crippen molar-refractivity contribution in [3.63, 3.8) is 0 Å². The van der Waals surface area contributed by atoms with Crippen molar-refractivity contribution >= 4 is 11.8 Å². The number of nitrogens with one attached hydrogen (secondary N) is 1. The van der Waals surface area contributed by atoms with Crippen LogP contribution in [0.1, 0.15) is 44.9 Å². The van der Waals surface area contributed by atoms with Gasteiger partial charge in [-0.2, -0.15) is 0 Å². The lowest BCUT2D eigenvalue weighted by atomic mass is 9.96. The van der Waals surface area contributed by atoms with Crippen molar-refractivity contribution in [1.29, 1.82) is 0 Å². The van der Waals surface area contributed by atoms with Crippen LogP contribution in [0.2, 0.25) is 0 Å².